The number of fused-ring (bicyclic) bond motifs is 4. The van der Waals surface area contributed by atoms with Crippen molar-refractivity contribution in [3.8, 4) is 0 Å². The van der Waals surface area contributed by atoms with Gasteiger partial charge in [-0.25, -0.2) is 0 Å². The Balaban J connectivity index is 1.77. The summed E-state index contributed by atoms with van der Waals surface area (Å²) in [7, 11) is 0. The molecule has 0 atom stereocenters. The summed E-state index contributed by atoms with van der Waals surface area (Å²) >= 11 is 0. The van der Waals surface area contributed by atoms with Crippen LogP contribution in [0.4, 0.5) is 0 Å². The van der Waals surface area contributed by atoms with E-state index < -0.39 is 0 Å². The summed E-state index contributed by atoms with van der Waals surface area (Å²) in [6.07, 6.45) is 6.13. The monoisotopic (exact) mass is 286 g/mol. The third-order valence-electron chi connectivity index (χ3n) is 4.87. The number of Topliss-reactive ketones (excluding diaryl/α,β-unsaturated/α-hetero) is 1. The lowest BCUT2D eigenvalue weighted by Gasteiger charge is -2.13. The van der Waals surface area contributed by atoms with Crippen molar-refractivity contribution >= 4 is 27.9 Å². The average Bonchev–Trinajstić information content (AvgIpc) is 3.33. The maximum atomic E-state index is 12.7. The molecular formula is C20H14O2. The highest BCUT2D eigenvalue weighted by Crippen LogP contribution is 2.48. The number of rotatable bonds is 1. The van der Waals surface area contributed by atoms with Gasteiger partial charge in [0.25, 0.3) is 0 Å². The van der Waals surface area contributed by atoms with Gasteiger partial charge in [0.2, 0.25) is 0 Å². The second kappa shape index (κ2) is 3.98. The molecule has 0 spiro atoms. The van der Waals surface area contributed by atoms with E-state index in [1.807, 2.05) is 36.4 Å². The molecule has 2 aromatic rings. The van der Waals surface area contributed by atoms with E-state index >= 15 is 0 Å². The first-order chi connectivity index (χ1) is 10.7. The summed E-state index contributed by atoms with van der Waals surface area (Å²) in [6.45, 7) is 0. The van der Waals surface area contributed by atoms with Crippen LogP contribution < -0.4 is 0 Å². The summed E-state index contributed by atoms with van der Waals surface area (Å²) < 4.78 is 0. The molecule has 2 heteroatoms. The molecule has 1 N–H and O–H groups in total. The van der Waals surface area contributed by atoms with Gasteiger partial charge in [0.05, 0.1) is 5.57 Å². The lowest BCUT2D eigenvalue weighted by Crippen LogP contribution is -2.11. The highest BCUT2D eigenvalue weighted by molar-refractivity contribution is 6.27. The van der Waals surface area contributed by atoms with Crippen LogP contribution in [0.2, 0.25) is 0 Å². The molecule has 0 unspecified atom stereocenters. The van der Waals surface area contributed by atoms with Crippen LogP contribution in [0.15, 0.2) is 59.7 Å². The van der Waals surface area contributed by atoms with Gasteiger partial charge in [-0.2, -0.15) is 0 Å². The number of benzene rings is 2. The van der Waals surface area contributed by atoms with Gasteiger partial charge >= 0.3 is 0 Å². The quantitative estimate of drug-likeness (QED) is 0.842. The van der Waals surface area contributed by atoms with Gasteiger partial charge < -0.3 is 5.11 Å². The molecule has 0 aliphatic heterocycles. The van der Waals surface area contributed by atoms with Crippen molar-refractivity contribution in [3.63, 3.8) is 0 Å². The lowest BCUT2D eigenvalue weighted by molar-refractivity contribution is -0.112. The third-order valence-corrected chi connectivity index (χ3v) is 4.87. The first-order valence-electron chi connectivity index (χ1n) is 7.68. The van der Waals surface area contributed by atoms with Crippen LogP contribution in [0.1, 0.15) is 24.0 Å². The zero-order chi connectivity index (χ0) is 14.8. The van der Waals surface area contributed by atoms with Crippen molar-refractivity contribution in [2.75, 3.05) is 0 Å². The van der Waals surface area contributed by atoms with E-state index in [0.717, 1.165) is 45.9 Å². The Bertz CT molecular complexity index is 953. The fraction of sp³-hybridized carbons (Fsp3) is 0.150. The smallest absolute Gasteiger partial charge is 0.193 e. The Hall–Kier alpha value is -2.61. The van der Waals surface area contributed by atoms with Gasteiger partial charge in [-0.3, -0.25) is 4.79 Å². The number of hydrogen-bond donors (Lipinski definition) is 1. The average molecular weight is 286 g/mol. The predicted molar refractivity (Wildman–Crippen MR) is 87.3 cm³/mol. The van der Waals surface area contributed by atoms with E-state index in [9.17, 15) is 9.90 Å². The standard InChI is InChI=1S/C20H14O2/c21-19-14(11-5-6-11)7-8-15-16-9-12-3-1-2-4-13(12)10-17(16)20(22)18(15)19/h1-4,7-11,22H,5-6H2. The van der Waals surface area contributed by atoms with Crippen molar-refractivity contribution in [2.45, 2.75) is 12.8 Å². The number of carbonyl (C=O) groups is 1. The molecule has 0 aromatic heterocycles. The molecule has 2 nitrogen and oxygen atoms in total. The first-order valence-corrected chi connectivity index (χ1v) is 7.68. The Morgan fingerprint density at radius 2 is 1.64 bits per heavy atom. The molecule has 0 bridgehead atoms. The summed E-state index contributed by atoms with van der Waals surface area (Å²) in [4.78, 5) is 12.7. The van der Waals surface area contributed by atoms with Crippen molar-refractivity contribution in [3.05, 3.63) is 70.8 Å². The molecule has 1 fully saturated rings. The number of hydrogen-bond acceptors (Lipinski definition) is 2. The number of carbonyl (C=O) groups excluding carboxylic acids is 1. The second-order valence-electron chi connectivity index (χ2n) is 6.27. The number of aliphatic hydroxyl groups is 1. The first kappa shape index (κ1) is 12.0. The second-order valence-corrected chi connectivity index (χ2v) is 6.27. The summed E-state index contributed by atoms with van der Waals surface area (Å²) in [5, 5.41) is 12.8. The van der Waals surface area contributed by atoms with Gasteiger partial charge in [-0.1, -0.05) is 36.4 Å². The van der Waals surface area contributed by atoms with Gasteiger partial charge in [-0.15, -0.1) is 0 Å². The van der Waals surface area contributed by atoms with Crippen molar-refractivity contribution in [2.24, 2.45) is 5.92 Å². The van der Waals surface area contributed by atoms with Crippen LogP contribution in [0.3, 0.4) is 0 Å². The van der Waals surface area contributed by atoms with Gasteiger partial charge in [0, 0.05) is 11.1 Å². The van der Waals surface area contributed by atoms with E-state index in [2.05, 4.69) is 12.1 Å². The van der Waals surface area contributed by atoms with Crippen LogP contribution in [-0.4, -0.2) is 10.9 Å². The fourth-order valence-corrected chi connectivity index (χ4v) is 3.57. The molecule has 1 saturated carbocycles. The van der Waals surface area contributed by atoms with Crippen molar-refractivity contribution in [1.29, 1.82) is 0 Å². The Morgan fingerprint density at radius 1 is 0.955 bits per heavy atom. The highest BCUT2D eigenvalue weighted by atomic mass is 16.3. The fourth-order valence-electron chi connectivity index (χ4n) is 3.57. The highest BCUT2D eigenvalue weighted by Gasteiger charge is 2.39. The normalized spacial score (nSPS) is 19.9. The van der Waals surface area contributed by atoms with Crippen LogP contribution >= 0.6 is 0 Å². The number of aliphatic hydroxyl groups excluding tert-OH is 1. The minimum absolute atomic E-state index is 0.0118. The zero-order valence-electron chi connectivity index (χ0n) is 12.0. The van der Waals surface area contributed by atoms with Gasteiger partial charge in [-0.05, 0) is 52.8 Å². The Kier molecular flexibility index (Phi) is 2.17. The predicted octanol–water partition coefficient (Wildman–Crippen LogP) is 4.43. The van der Waals surface area contributed by atoms with Crippen LogP contribution in [0.25, 0.3) is 22.1 Å². The van der Waals surface area contributed by atoms with Crippen molar-refractivity contribution in [1.82, 2.24) is 0 Å². The third kappa shape index (κ3) is 1.47. The topological polar surface area (TPSA) is 37.3 Å². The van der Waals surface area contributed by atoms with E-state index in [1.165, 1.54) is 0 Å². The van der Waals surface area contributed by atoms with Crippen molar-refractivity contribution < 1.29 is 9.90 Å². The molecule has 0 amide bonds. The summed E-state index contributed by atoms with van der Waals surface area (Å²) in [6, 6.07) is 12.1. The minimum atomic E-state index is 0.0118. The Labute approximate surface area is 128 Å². The van der Waals surface area contributed by atoms with Crippen LogP contribution in [0, 0.1) is 5.92 Å². The molecule has 0 radical (unpaired) electrons. The molecular weight excluding hydrogens is 272 g/mol. The zero-order valence-corrected chi connectivity index (χ0v) is 12.0. The molecule has 2 aromatic carbocycles. The van der Waals surface area contributed by atoms with Crippen LogP contribution in [0.5, 0.6) is 0 Å². The van der Waals surface area contributed by atoms with Crippen LogP contribution in [-0.2, 0) is 4.79 Å². The van der Waals surface area contributed by atoms with E-state index in [0.29, 0.717) is 11.5 Å². The summed E-state index contributed by atoms with van der Waals surface area (Å²) in [5.41, 5.74) is 3.97. The lowest BCUT2D eigenvalue weighted by atomic mass is 9.88. The molecule has 3 aliphatic rings. The SMILES string of the molecule is O=C1C(C2CC2)=CC=C2C1=C(O)c1cc3ccccc3cc12. The molecule has 106 valence electrons. The largest absolute Gasteiger partial charge is 0.507 e. The number of ketones is 1. The maximum absolute atomic E-state index is 12.7. The van der Waals surface area contributed by atoms with Gasteiger partial charge in [0.15, 0.2) is 5.78 Å². The minimum Gasteiger partial charge on any atom is -0.507 e. The number of allylic oxidation sites excluding steroid dienone is 5. The molecule has 22 heavy (non-hydrogen) atoms. The molecule has 5 rings (SSSR count). The van der Waals surface area contributed by atoms with E-state index in [4.69, 9.17) is 0 Å². The van der Waals surface area contributed by atoms with E-state index in [1.54, 1.807) is 0 Å². The van der Waals surface area contributed by atoms with E-state index in [-0.39, 0.29) is 11.5 Å². The molecule has 3 aliphatic carbocycles. The Morgan fingerprint density at radius 3 is 2.32 bits per heavy atom. The molecule has 0 saturated heterocycles. The van der Waals surface area contributed by atoms with Gasteiger partial charge in [0.1, 0.15) is 5.76 Å². The maximum Gasteiger partial charge on any atom is 0.193 e. The summed E-state index contributed by atoms with van der Waals surface area (Å²) in [5.74, 6) is 0.550. The molecule has 0 heterocycles.